The van der Waals surface area contributed by atoms with E-state index >= 15 is 0 Å². The quantitative estimate of drug-likeness (QED) is 0.813. The Morgan fingerprint density at radius 3 is 3.12 bits per heavy atom. The molecule has 0 bridgehead atoms. The molecule has 0 amide bonds. The van der Waals surface area contributed by atoms with Crippen LogP contribution in [0.4, 0.5) is 11.5 Å². The van der Waals surface area contributed by atoms with E-state index in [-0.39, 0.29) is 0 Å². The van der Waals surface area contributed by atoms with Gasteiger partial charge in [0.1, 0.15) is 12.1 Å². The molecule has 0 aliphatic carbocycles. The van der Waals surface area contributed by atoms with Crippen LogP contribution >= 0.6 is 0 Å². The van der Waals surface area contributed by atoms with Gasteiger partial charge in [0.2, 0.25) is 0 Å². The molecule has 3 heterocycles. The summed E-state index contributed by atoms with van der Waals surface area (Å²) in [5.41, 5.74) is 3.48. The van der Waals surface area contributed by atoms with Crippen LogP contribution in [0.3, 0.4) is 0 Å². The van der Waals surface area contributed by atoms with Gasteiger partial charge < -0.3 is 15.2 Å². The number of aromatic amines is 1. The Hall–Kier alpha value is -1.88. The highest BCUT2D eigenvalue weighted by molar-refractivity contribution is 5.62. The van der Waals surface area contributed by atoms with Crippen LogP contribution in [0, 0.1) is 0 Å². The van der Waals surface area contributed by atoms with E-state index in [1.165, 1.54) is 5.56 Å². The minimum atomic E-state index is 0.847. The van der Waals surface area contributed by atoms with Gasteiger partial charge in [-0.15, -0.1) is 0 Å². The SMILES string of the molecule is CN(c1cc[nH]c1)c1ncnc2c1CNCC2. The van der Waals surface area contributed by atoms with Gasteiger partial charge in [0.15, 0.2) is 0 Å². The van der Waals surface area contributed by atoms with E-state index < -0.39 is 0 Å². The number of anilines is 2. The van der Waals surface area contributed by atoms with Crippen molar-refractivity contribution < 1.29 is 0 Å². The Bertz CT molecular complexity index is 506. The minimum Gasteiger partial charge on any atom is -0.366 e. The minimum absolute atomic E-state index is 0.847. The van der Waals surface area contributed by atoms with Crippen molar-refractivity contribution in [3.8, 4) is 0 Å². The predicted octanol–water partition coefficient (Wildman–Crippen LogP) is 1.22. The van der Waals surface area contributed by atoms with Crippen molar-refractivity contribution >= 4 is 11.5 Å². The van der Waals surface area contributed by atoms with Crippen LogP contribution < -0.4 is 10.2 Å². The Kier molecular flexibility index (Phi) is 2.53. The zero-order valence-electron chi connectivity index (χ0n) is 9.77. The van der Waals surface area contributed by atoms with Gasteiger partial charge in [0.25, 0.3) is 0 Å². The maximum absolute atomic E-state index is 4.41. The van der Waals surface area contributed by atoms with Crippen LogP contribution in [0.2, 0.25) is 0 Å². The van der Waals surface area contributed by atoms with Gasteiger partial charge in [-0.05, 0) is 6.07 Å². The van der Waals surface area contributed by atoms with Gasteiger partial charge in [-0.25, -0.2) is 9.97 Å². The molecule has 0 atom stereocenters. The maximum Gasteiger partial charge on any atom is 0.140 e. The third-order valence-electron chi connectivity index (χ3n) is 3.14. The molecule has 0 radical (unpaired) electrons. The highest BCUT2D eigenvalue weighted by Gasteiger charge is 2.18. The molecule has 1 aliphatic heterocycles. The van der Waals surface area contributed by atoms with Crippen LogP contribution in [0.25, 0.3) is 0 Å². The normalized spacial score (nSPS) is 14.4. The first-order chi connectivity index (χ1) is 8.36. The number of rotatable bonds is 2. The molecular weight excluding hydrogens is 214 g/mol. The summed E-state index contributed by atoms with van der Waals surface area (Å²) in [6.07, 6.45) is 6.51. The average Bonchev–Trinajstić information content (AvgIpc) is 2.91. The van der Waals surface area contributed by atoms with Crippen LogP contribution in [0.15, 0.2) is 24.8 Å². The second-order valence-corrected chi connectivity index (χ2v) is 4.18. The summed E-state index contributed by atoms with van der Waals surface area (Å²) in [7, 11) is 2.03. The number of H-pyrrole nitrogens is 1. The molecule has 2 N–H and O–H groups in total. The zero-order chi connectivity index (χ0) is 11.7. The summed E-state index contributed by atoms with van der Waals surface area (Å²) in [5, 5.41) is 3.37. The molecule has 5 heteroatoms. The number of hydrogen-bond donors (Lipinski definition) is 2. The molecule has 0 saturated heterocycles. The maximum atomic E-state index is 4.41. The van der Waals surface area contributed by atoms with Crippen molar-refractivity contribution in [2.45, 2.75) is 13.0 Å². The fraction of sp³-hybridized carbons (Fsp3) is 0.333. The third kappa shape index (κ3) is 1.78. The largest absolute Gasteiger partial charge is 0.366 e. The smallest absolute Gasteiger partial charge is 0.140 e. The molecule has 2 aromatic rings. The van der Waals surface area contributed by atoms with Gasteiger partial charge >= 0.3 is 0 Å². The lowest BCUT2D eigenvalue weighted by molar-refractivity contribution is 0.625. The average molecular weight is 229 g/mol. The number of nitrogens with one attached hydrogen (secondary N) is 2. The van der Waals surface area contributed by atoms with E-state index in [9.17, 15) is 0 Å². The van der Waals surface area contributed by atoms with Crippen molar-refractivity contribution in [2.24, 2.45) is 0 Å². The summed E-state index contributed by atoms with van der Waals surface area (Å²) in [5.74, 6) is 0.988. The predicted molar refractivity (Wildman–Crippen MR) is 66.3 cm³/mol. The summed E-state index contributed by atoms with van der Waals surface area (Å²) in [4.78, 5) is 13.9. The van der Waals surface area contributed by atoms with E-state index in [0.717, 1.165) is 36.7 Å². The molecule has 2 aromatic heterocycles. The van der Waals surface area contributed by atoms with E-state index in [1.54, 1.807) is 6.33 Å². The second kappa shape index (κ2) is 4.18. The molecule has 0 saturated carbocycles. The topological polar surface area (TPSA) is 56.8 Å². The number of hydrogen-bond acceptors (Lipinski definition) is 4. The molecule has 3 rings (SSSR count). The van der Waals surface area contributed by atoms with Crippen molar-refractivity contribution in [3.05, 3.63) is 36.0 Å². The summed E-state index contributed by atoms with van der Waals surface area (Å²) < 4.78 is 0. The first kappa shape index (κ1) is 10.3. The van der Waals surface area contributed by atoms with Crippen molar-refractivity contribution in [1.29, 1.82) is 0 Å². The van der Waals surface area contributed by atoms with Crippen molar-refractivity contribution in [2.75, 3.05) is 18.5 Å². The first-order valence-electron chi connectivity index (χ1n) is 5.76. The third-order valence-corrected chi connectivity index (χ3v) is 3.14. The van der Waals surface area contributed by atoms with Crippen LogP contribution in [0.5, 0.6) is 0 Å². The molecule has 0 unspecified atom stereocenters. The van der Waals surface area contributed by atoms with E-state index in [0.29, 0.717) is 0 Å². The molecule has 5 nitrogen and oxygen atoms in total. The first-order valence-corrected chi connectivity index (χ1v) is 5.76. The Labute approximate surface area is 99.9 Å². The van der Waals surface area contributed by atoms with Gasteiger partial charge in [-0.1, -0.05) is 0 Å². The number of fused-ring (bicyclic) bond motifs is 1. The fourth-order valence-corrected chi connectivity index (χ4v) is 2.19. The monoisotopic (exact) mass is 229 g/mol. The van der Waals surface area contributed by atoms with Gasteiger partial charge in [-0.2, -0.15) is 0 Å². The van der Waals surface area contributed by atoms with Gasteiger partial charge in [-0.3, -0.25) is 0 Å². The van der Waals surface area contributed by atoms with Gasteiger partial charge in [0.05, 0.1) is 11.4 Å². The zero-order valence-corrected chi connectivity index (χ0v) is 9.77. The Balaban J connectivity index is 2.03. The van der Waals surface area contributed by atoms with Crippen LogP contribution in [-0.4, -0.2) is 28.5 Å². The summed E-state index contributed by atoms with van der Waals surface area (Å²) >= 11 is 0. The highest BCUT2D eigenvalue weighted by Crippen LogP contribution is 2.26. The summed E-state index contributed by atoms with van der Waals surface area (Å²) in [6, 6.07) is 2.03. The molecule has 88 valence electrons. The fourth-order valence-electron chi connectivity index (χ4n) is 2.19. The second-order valence-electron chi connectivity index (χ2n) is 4.18. The lowest BCUT2D eigenvalue weighted by atomic mass is 10.1. The molecule has 0 spiro atoms. The molecular formula is C12H15N5. The lowest BCUT2D eigenvalue weighted by Gasteiger charge is -2.24. The summed E-state index contributed by atoms with van der Waals surface area (Å²) in [6.45, 7) is 1.84. The molecule has 1 aliphatic rings. The van der Waals surface area contributed by atoms with Crippen molar-refractivity contribution in [1.82, 2.24) is 20.3 Å². The van der Waals surface area contributed by atoms with E-state index in [1.807, 2.05) is 25.5 Å². The van der Waals surface area contributed by atoms with E-state index in [4.69, 9.17) is 0 Å². The standard InChI is InChI=1S/C12H15N5/c1-17(9-2-4-13-6-9)12-10-7-14-5-3-11(10)15-8-16-12/h2,4,6,8,13-14H,3,5,7H2,1H3. The van der Waals surface area contributed by atoms with Crippen LogP contribution in [0.1, 0.15) is 11.3 Å². The molecule has 0 fully saturated rings. The van der Waals surface area contributed by atoms with Gasteiger partial charge in [0, 0.05) is 44.5 Å². The molecule has 0 aromatic carbocycles. The number of nitrogens with zero attached hydrogens (tertiary/aromatic N) is 3. The lowest BCUT2D eigenvalue weighted by Crippen LogP contribution is -2.27. The van der Waals surface area contributed by atoms with E-state index in [2.05, 4.69) is 25.2 Å². The Morgan fingerprint density at radius 1 is 1.35 bits per heavy atom. The van der Waals surface area contributed by atoms with Crippen molar-refractivity contribution in [3.63, 3.8) is 0 Å². The van der Waals surface area contributed by atoms with Crippen LogP contribution in [-0.2, 0) is 13.0 Å². The molecule has 17 heavy (non-hydrogen) atoms. The highest BCUT2D eigenvalue weighted by atomic mass is 15.2. The Morgan fingerprint density at radius 2 is 2.29 bits per heavy atom. The number of aromatic nitrogens is 3.